The molecule has 1 aliphatic rings. The van der Waals surface area contributed by atoms with Gasteiger partial charge in [0.2, 0.25) is 0 Å². The van der Waals surface area contributed by atoms with E-state index in [9.17, 15) is 10.2 Å². The number of methoxy groups -OCH3 is 2. The van der Waals surface area contributed by atoms with Crippen molar-refractivity contribution >= 4 is 0 Å². The Morgan fingerprint density at radius 3 is 2.28 bits per heavy atom. The summed E-state index contributed by atoms with van der Waals surface area (Å²) in [7, 11) is 3.19. The standard InChI is InChI=1S/C23H31NO5/c1-27-20-11-12-21(28-2)23(29-16-15-24-13-3-4-14-24)22(20)19(26)10-7-17-5-8-18(25)9-6-17/h5-6,8-9,11-12,19,25-26H,3-4,7,10,13-16H2,1-2H3. The van der Waals surface area contributed by atoms with E-state index in [0.717, 1.165) is 25.2 Å². The molecule has 6 heteroatoms. The lowest BCUT2D eigenvalue weighted by Gasteiger charge is -2.22. The molecule has 0 aliphatic carbocycles. The molecule has 6 nitrogen and oxygen atoms in total. The first-order valence-electron chi connectivity index (χ1n) is 10.2. The maximum Gasteiger partial charge on any atom is 0.170 e. The first kappa shape index (κ1) is 21.3. The van der Waals surface area contributed by atoms with Crippen LogP contribution in [-0.4, -0.2) is 55.6 Å². The van der Waals surface area contributed by atoms with Gasteiger partial charge in [0, 0.05) is 6.54 Å². The van der Waals surface area contributed by atoms with Crippen LogP contribution in [0.5, 0.6) is 23.0 Å². The molecular weight excluding hydrogens is 370 g/mol. The Balaban J connectivity index is 1.75. The monoisotopic (exact) mass is 401 g/mol. The fourth-order valence-electron chi connectivity index (χ4n) is 3.76. The number of rotatable bonds is 10. The summed E-state index contributed by atoms with van der Waals surface area (Å²) in [6.07, 6.45) is 2.87. The van der Waals surface area contributed by atoms with Crippen molar-refractivity contribution in [1.82, 2.24) is 4.90 Å². The zero-order valence-electron chi connectivity index (χ0n) is 17.3. The average Bonchev–Trinajstić information content (AvgIpc) is 3.26. The molecule has 29 heavy (non-hydrogen) atoms. The van der Waals surface area contributed by atoms with E-state index >= 15 is 0 Å². The molecular formula is C23H31NO5. The van der Waals surface area contributed by atoms with Crippen LogP contribution in [0, 0.1) is 0 Å². The van der Waals surface area contributed by atoms with E-state index in [4.69, 9.17) is 14.2 Å². The number of hydrogen-bond acceptors (Lipinski definition) is 6. The summed E-state index contributed by atoms with van der Waals surface area (Å²) in [5.41, 5.74) is 1.66. The van der Waals surface area contributed by atoms with E-state index in [1.54, 1.807) is 38.5 Å². The highest BCUT2D eigenvalue weighted by Crippen LogP contribution is 2.42. The molecule has 3 rings (SSSR count). The lowest BCUT2D eigenvalue weighted by molar-refractivity contribution is 0.153. The molecule has 1 saturated heterocycles. The maximum absolute atomic E-state index is 11.0. The molecule has 0 spiro atoms. The fraction of sp³-hybridized carbons (Fsp3) is 0.478. The van der Waals surface area contributed by atoms with Crippen molar-refractivity contribution in [3.8, 4) is 23.0 Å². The Morgan fingerprint density at radius 1 is 0.966 bits per heavy atom. The van der Waals surface area contributed by atoms with Crippen LogP contribution < -0.4 is 14.2 Å². The number of hydrogen-bond donors (Lipinski definition) is 2. The van der Waals surface area contributed by atoms with Gasteiger partial charge in [0.15, 0.2) is 11.5 Å². The van der Waals surface area contributed by atoms with Crippen LogP contribution in [0.2, 0.25) is 0 Å². The van der Waals surface area contributed by atoms with E-state index in [0.29, 0.717) is 42.3 Å². The second-order valence-electron chi connectivity index (χ2n) is 7.33. The van der Waals surface area contributed by atoms with Crippen molar-refractivity contribution < 1.29 is 24.4 Å². The van der Waals surface area contributed by atoms with Crippen LogP contribution in [0.15, 0.2) is 36.4 Å². The van der Waals surface area contributed by atoms with E-state index in [1.165, 1.54) is 12.8 Å². The lowest BCUT2D eigenvalue weighted by Crippen LogP contribution is -2.25. The van der Waals surface area contributed by atoms with Crippen molar-refractivity contribution in [2.24, 2.45) is 0 Å². The largest absolute Gasteiger partial charge is 0.508 e. The van der Waals surface area contributed by atoms with Crippen molar-refractivity contribution in [1.29, 1.82) is 0 Å². The zero-order chi connectivity index (χ0) is 20.6. The van der Waals surface area contributed by atoms with Crippen LogP contribution in [-0.2, 0) is 6.42 Å². The van der Waals surface area contributed by atoms with Gasteiger partial charge in [-0.15, -0.1) is 0 Å². The summed E-state index contributed by atoms with van der Waals surface area (Å²) in [5, 5.41) is 20.4. The predicted octanol–water partition coefficient (Wildman–Crippen LogP) is 3.55. The number of aliphatic hydroxyl groups is 1. The van der Waals surface area contributed by atoms with Crippen molar-refractivity contribution in [2.75, 3.05) is 40.5 Å². The summed E-state index contributed by atoms with van der Waals surface area (Å²) in [5.74, 6) is 1.95. The Bertz CT molecular complexity index is 772. The highest BCUT2D eigenvalue weighted by Gasteiger charge is 2.23. The molecule has 1 fully saturated rings. The molecule has 0 aromatic heterocycles. The summed E-state index contributed by atoms with van der Waals surface area (Å²) < 4.78 is 17.1. The molecule has 2 aromatic carbocycles. The van der Waals surface area contributed by atoms with Gasteiger partial charge >= 0.3 is 0 Å². The Kier molecular flexibility index (Phi) is 7.61. The van der Waals surface area contributed by atoms with Crippen LogP contribution in [0.3, 0.4) is 0 Å². The molecule has 158 valence electrons. The first-order valence-corrected chi connectivity index (χ1v) is 10.2. The molecule has 1 unspecified atom stereocenters. The maximum atomic E-state index is 11.0. The van der Waals surface area contributed by atoms with Gasteiger partial charge in [0.25, 0.3) is 0 Å². The molecule has 1 heterocycles. The van der Waals surface area contributed by atoms with Gasteiger partial charge in [-0.1, -0.05) is 12.1 Å². The minimum absolute atomic E-state index is 0.234. The third kappa shape index (κ3) is 5.55. The van der Waals surface area contributed by atoms with Crippen LogP contribution in [0.4, 0.5) is 0 Å². The number of phenols is 1. The topological polar surface area (TPSA) is 71.4 Å². The second kappa shape index (κ2) is 10.4. The van der Waals surface area contributed by atoms with Crippen molar-refractivity contribution in [3.05, 3.63) is 47.5 Å². The van der Waals surface area contributed by atoms with Gasteiger partial charge in [-0.05, 0) is 68.6 Å². The van der Waals surface area contributed by atoms with Gasteiger partial charge in [-0.2, -0.15) is 0 Å². The smallest absolute Gasteiger partial charge is 0.170 e. The molecule has 0 bridgehead atoms. The third-order valence-electron chi connectivity index (χ3n) is 5.39. The minimum atomic E-state index is -0.768. The predicted molar refractivity (Wildman–Crippen MR) is 112 cm³/mol. The molecule has 0 radical (unpaired) electrons. The normalized spacial score (nSPS) is 15.3. The van der Waals surface area contributed by atoms with Crippen LogP contribution in [0.25, 0.3) is 0 Å². The third-order valence-corrected chi connectivity index (χ3v) is 5.39. The number of likely N-dealkylation sites (tertiary alicyclic amines) is 1. The minimum Gasteiger partial charge on any atom is -0.508 e. The average molecular weight is 402 g/mol. The Morgan fingerprint density at radius 2 is 1.62 bits per heavy atom. The molecule has 2 aromatic rings. The number of ether oxygens (including phenoxy) is 3. The Hall–Kier alpha value is -2.44. The Labute approximate surface area is 172 Å². The quantitative estimate of drug-likeness (QED) is 0.634. The van der Waals surface area contributed by atoms with E-state index in [-0.39, 0.29) is 5.75 Å². The van der Waals surface area contributed by atoms with E-state index in [1.807, 2.05) is 12.1 Å². The summed E-state index contributed by atoms with van der Waals surface area (Å²) in [6.45, 7) is 3.60. The molecule has 1 atom stereocenters. The molecule has 0 amide bonds. The highest BCUT2D eigenvalue weighted by molar-refractivity contribution is 5.55. The van der Waals surface area contributed by atoms with Gasteiger partial charge < -0.3 is 24.4 Å². The summed E-state index contributed by atoms with van der Waals surface area (Å²) in [6, 6.07) is 10.6. The van der Waals surface area contributed by atoms with Crippen LogP contribution in [0.1, 0.15) is 36.5 Å². The van der Waals surface area contributed by atoms with Gasteiger partial charge in [0.1, 0.15) is 18.1 Å². The van der Waals surface area contributed by atoms with E-state index < -0.39 is 6.10 Å². The van der Waals surface area contributed by atoms with Crippen molar-refractivity contribution in [2.45, 2.75) is 31.8 Å². The number of aromatic hydroxyl groups is 1. The first-order chi connectivity index (χ1) is 14.1. The van der Waals surface area contributed by atoms with Crippen molar-refractivity contribution in [3.63, 3.8) is 0 Å². The zero-order valence-corrected chi connectivity index (χ0v) is 17.3. The van der Waals surface area contributed by atoms with Crippen LogP contribution >= 0.6 is 0 Å². The van der Waals surface area contributed by atoms with Gasteiger partial charge in [0.05, 0.1) is 25.9 Å². The highest BCUT2D eigenvalue weighted by atomic mass is 16.5. The summed E-state index contributed by atoms with van der Waals surface area (Å²) in [4.78, 5) is 2.38. The number of aryl methyl sites for hydroxylation is 1. The number of nitrogens with zero attached hydrogens (tertiary/aromatic N) is 1. The lowest BCUT2D eigenvalue weighted by atomic mass is 9.99. The molecule has 0 saturated carbocycles. The second-order valence-corrected chi connectivity index (χ2v) is 7.33. The summed E-state index contributed by atoms with van der Waals surface area (Å²) >= 11 is 0. The van der Waals surface area contributed by atoms with Gasteiger partial charge in [-0.3, -0.25) is 4.90 Å². The fourth-order valence-corrected chi connectivity index (χ4v) is 3.76. The molecule has 2 N–H and O–H groups in total. The number of aliphatic hydroxyl groups excluding tert-OH is 1. The number of benzene rings is 2. The number of phenolic OH excluding ortho intramolecular Hbond substituents is 1. The SMILES string of the molecule is COc1ccc(OC)c(C(O)CCc2ccc(O)cc2)c1OCCN1CCCC1. The van der Waals surface area contributed by atoms with Gasteiger partial charge in [-0.25, -0.2) is 0 Å². The molecule has 1 aliphatic heterocycles. The van der Waals surface area contributed by atoms with E-state index in [2.05, 4.69) is 4.90 Å².